The van der Waals surface area contributed by atoms with Crippen LogP contribution in [0.4, 0.5) is 11.4 Å². The summed E-state index contributed by atoms with van der Waals surface area (Å²) in [6, 6.07) is 14.5. The van der Waals surface area contributed by atoms with Gasteiger partial charge >= 0.3 is 11.9 Å². The third-order valence-corrected chi connectivity index (χ3v) is 11.1. The molecule has 0 aliphatic rings. The molecule has 4 heterocycles. The number of aromatic nitrogens is 2. The normalized spacial score (nSPS) is 11.1. The third kappa shape index (κ3) is 7.65. The van der Waals surface area contributed by atoms with E-state index in [1.54, 1.807) is 52.0 Å². The maximum absolute atomic E-state index is 13.1. The molecule has 0 spiro atoms. The van der Waals surface area contributed by atoms with Crippen LogP contribution in [-0.4, -0.2) is 60.1 Å². The Labute approximate surface area is 329 Å². The molecule has 0 saturated heterocycles. The average molecular weight is 797 g/mol. The van der Waals surface area contributed by atoms with Crippen LogP contribution in [0.2, 0.25) is 0 Å². The molecule has 14 nitrogen and oxygen atoms in total. The number of nitrogen functional groups attached to an aromatic ring is 2. The molecular formula is C40H40N6O8S2. The molecule has 6 rings (SSSR count). The minimum Gasteiger partial charge on any atom is -0.494 e. The number of benzene rings is 2. The number of anilines is 2. The molecule has 0 aliphatic carbocycles. The quantitative estimate of drug-likeness (QED) is 0.0620. The van der Waals surface area contributed by atoms with Gasteiger partial charge in [0.25, 0.3) is 11.8 Å². The lowest BCUT2D eigenvalue weighted by atomic mass is 9.95. The van der Waals surface area contributed by atoms with E-state index in [9.17, 15) is 19.2 Å². The standard InChI is InChI=1S/C40H40N6O8S2/c1-5-51-39(49)25-19(3)45-37-29(31(41)33(55-37)35(43)47)27(25)21-9-13-23(14-10-21)53-17-7-8-18-54-24-15-11-22(12-16-24)28-26(40(50)52-6-2)20(4)46-38-30(28)32(42)34(56-38)36(44)48/h9-16H,5-8,17-18,41-42H2,1-4H3,(H2,43,47)(H2,44,48). The van der Waals surface area contributed by atoms with E-state index in [0.717, 1.165) is 22.7 Å². The summed E-state index contributed by atoms with van der Waals surface area (Å²) in [7, 11) is 0. The molecule has 6 aromatic rings. The third-order valence-electron chi connectivity index (χ3n) is 8.88. The summed E-state index contributed by atoms with van der Waals surface area (Å²) >= 11 is 2.16. The molecule has 0 radical (unpaired) electrons. The monoisotopic (exact) mass is 796 g/mol. The van der Waals surface area contributed by atoms with E-state index in [1.807, 2.05) is 24.3 Å². The number of thiophene rings is 2. The summed E-state index contributed by atoms with van der Waals surface area (Å²) in [6.45, 7) is 8.06. The maximum Gasteiger partial charge on any atom is 0.340 e. The SMILES string of the molecule is CCOC(=O)c1c(C)nc2sc(C(N)=O)c(N)c2c1-c1ccc(OCCCCOc2ccc(-c3c(C(=O)OCC)c(C)nc4sc(C(N)=O)c(N)c34)cc2)cc1. The van der Waals surface area contributed by atoms with E-state index in [2.05, 4.69) is 9.97 Å². The second-order valence-electron chi connectivity index (χ2n) is 12.6. The molecule has 2 amide bonds. The number of nitrogens with two attached hydrogens (primary N) is 4. The average Bonchev–Trinajstić information content (AvgIpc) is 3.68. The molecule has 56 heavy (non-hydrogen) atoms. The topological polar surface area (TPSA) is 235 Å². The minimum atomic E-state index is -0.672. The number of nitrogens with zero attached hydrogens (tertiary/aromatic N) is 2. The molecule has 0 aliphatic heterocycles. The van der Waals surface area contributed by atoms with Gasteiger partial charge < -0.3 is 41.9 Å². The van der Waals surface area contributed by atoms with Crippen LogP contribution in [0.1, 0.15) is 78.1 Å². The molecule has 0 unspecified atom stereocenters. The van der Waals surface area contributed by atoms with Crippen molar-refractivity contribution in [2.45, 2.75) is 40.5 Å². The zero-order valence-electron chi connectivity index (χ0n) is 31.1. The van der Waals surface area contributed by atoms with Crippen molar-refractivity contribution < 1.29 is 38.1 Å². The summed E-state index contributed by atoms with van der Waals surface area (Å²) in [6.07, 6.45) is 1.41. The number of primary amides is 2. The summed E-state index contributed by atoms with van der Waals surface area (Å²) in [5.74, 6) is -1.19. The number of ether oxygens (including phenoxy) is 4. The number of amides is 2. The van der Waals surface area contributed by atoms with Crippen molar-refractivity contribution in [2.24, 2.45) is 11.5 Å². The fourth-order valence-corrected chi connectivity index (χ4v) is 8.41. The van der Waals surface area contributed by atoms with Gasteiger partial charge in [-0.15, -0.1) is 22.7 Å². The zero-order valence-corrected chi connectivity index (χ0v) is 32.8. The number of hydrogen-bond acceptors (Lipinski definition) is 14. The van der Waals surface area contributed by atoms with Crippen molar-refractivity contribution in [1.82, 2.24) is 9.97 Å². The highest BCUT2D eigenvalue weighted by molar-refractivity contribution is 7.21. The number of carbonyl (C=O) groups excluding carboxylic acids is 4. The molecule has 8 N–H and O–H groups in total. The molecule has 4 aromatic heterocycles. The highest BCUT2D eigenvalue weighted by Gasteiger charge is 2.28. The number of pyridine rings is 2. The number of aryl methyl sites for hydroxylation is 2. The van der Waals surface area contributed by atoms with Gasteiger partial charge in [0.2, 0.25) is 0 Å². The summed E-state index contributed by atoms with van der Waals surface area (Å²) in [5, 5.41) is 0.941. The molecule has 290 valence electrons. The van der Waals surface area contributed by atoms with E-state index in [0.29, 0.717) is 91.6 Å². The fourth-order valence-electron chi connectivity index (χ4n) is 6.40. The Bertz CT molecular complexity index is 2320. The van der Waals surface area contributed by atoms with Gasteiger partial charge in [-0.3, -0.25) is 9.59 Å². The largest absolute Gasteiger partial charge is 0.494 e. The first kappa shape index (κ1) is 39.4. The number of rotatable bonds is 15. The number of hydrogen-bond donors (Lipinski definition) is 4. The van der Waals surface area contributed by atoms with Gasteiger partial charge in [-0.2, -0.15) is 0 Å². The molecule has 16 heteroatoms. The second-order valence-corrected chi connectivity index (χ2v) is 14.6. The van der Waals surface area contributed by atoms with E-state index < -0.39 is 23.8 Å². The maximum atomic E-state index is 13.1. The van der Waals surface area contributed by atoms with E-state index >= 15 is 0 Å². The Balaban J connectivity index is 1.11. The van der Waals surface area contributed by atoms with Crippen molar-refractivity contribution in [3.8, 4) is 33.8 Å². The fraction of sp³-hybridized carbons (Fsp3) is 0.250. The number of fused-ring (bicyclic) bond motifs is 2. The van der Waals surface area contributed by atoms with Gasteiger partial charge in [-0.1, -0.05) is 24.3 Å². The van der Waals surface area contributed by atoms with Gasteiger partial charge in [0.1, 0.15) is 30.9 Å². The van der Waals surface area contributed by atoms with Crippen LogP contribution in [0, 0.1) is 13.8 Å². The zero-order chi connectivity index (χ0) is 40.3. The summed E-state index contributed by atoms with van der Waals surface area (Å²) in [5.41, 5.74) is 28.0. The minimum absolute atomic E-state index is 0.168. The van der Waals surface area contributed by atoms with Gasteiger partial charge in [-0.05, 0) is 75.9 Å². The summed E-state index contributed by atoms with van der Waals surface area (Å²) in [4.78, 5) is 60.8. The van der Waals surface area contributed by atoms with Crippen LogP contribution in [0.15, 0.2) is 48.5 Å². The lowest BCUT2D eigenvalue weighted by Gasteiger charge is -2.15. The van der Waals surface area contributed by atoms with E-state index in [1.165, 1.54) is 0 Å². The molecule has 0 fully saturated rings. The van der Waals surface area contributed by atoms with Crippen LogP contribution >= 0.6 is 22.7 Å². The Morgan fingerprint density at radius 1 is 0.607 bits per heavy atom. The van der Waals surface area contributed by atoms with Gasteiger partial charge in [0.15, 0.2) is 0 Å². The van der Waals surface area contributed by atoms with Crippen molar-refractivity contribution in [3.05, 3.63) is 80.8 Å². The smallest absolute Gasteiger partial charge is 0.340 e. The van der Waals surface area contributed by atoms with Crippen LogP contribution < -0.4 is 32.4 Å². The predicted molar refractivity (Wildman–Crippen MR) is 218 cm³/mol. The van der Waals surface area contributed by atoms with Gasteiger partial charge in [-0.25, -0.2) is 19.6 Å². The van der Waals surface area contributed by atoms with Crippen molar-refractivity contribution in [3.63, 3.8) is 0 Å². The van der Waals surface area contributed by atoms with Crippen LogP contribution in [0.25, 0.3) is 42.7 Å². The van der Waals surface area contributed by atoms with Crippen molar-refractivity contribution in [1.29, 1.82) is 0 Å². The van der Waals surface area contributed by atoms with Crippen molar-refractivity contribution >= 4 is 78.2 Å². The highest BCUT2D eigenvalue weighted by atomic mass is 32.1. The Morgan fingerprint density at radius 2 is 0.964 bits per heavy atom. The number of esters is 2. The predicted octanol–water partition coefficient (Wildman–Crippen LogP) is 6.81. The highest BCUT2D eigenvalue weighted by Crippen LogP contribution is 2.44. The lowest BCUT2D eigenvalue weighted by molar-refractivity contribution is 0.0516. The molecule has 2 aromatic carbocycles. The molecule has 0 atom stereocenters. The van der Waals surface area contributed by atoms with E-state index in [-0.39, 0.29) is 45.5 Å². The number of unbranched alkanes of at least 4 members (excludes halogenated alkanes) is 1. The molecule has 0 saturated carbocycles. The van der Waals surface area contributed by atoms with E-state index in [4.69, 9.17) is 41.9 Å². The Kier molecular flexibility index (Phi) is 11.7. The molecule has 0 bridgehead atoms. The first-order valence-corrected chi connectivity index (χ1v) is 19.3. The first-order chi connectivity index (χ1) is 26.9. The van der Waals surface area contributed by atoms with Crippen LogP contribution in [-0.2, 0) is 9.47 Å². The molecular weight excluding hydrogens is 757 g/mol. The lowest BCUT2D eigenvalue weighted by Crippen LogP contribution is -2.12. The van der Waals surface area contributed by atoms with Gasteiger partial charge in [0.05, 0.1) is 60.3 Å². The first-order valence-electron chi connectivity index (χ1n) is 17.7. The second kappa shape index (κ2) is 16.6. The van der Waals surface area contributed by atoms with Crippen molar-refractivity contribution in [2.75, 3.05) is 37.9 Å². The summed E-state index contributed by atoms with van der Waals surface area (Å²) < 4.78 is 22.7. The van der Waals surface area contributed by atoms with Crippen LogP contribution in [0.3, 0.4) is 0 Å². The Hall–Kier alpha value is -6.26. The van der Waals surface area contributed by atoms with Crippen LogP contribution in [0.5, 0.6) is 11.5 Å². The Morgan fingerprint density at radius 3 is 1.29 bits per heavy atom. The number of carbonyl (C=O) groups is 4. The van der Waals surface area contributed by atoms with Gasteiger partial charge in [0, 0.05) is 21.9 Å².